The molecule has 43 valence electrons. The molecule has 0 aliphatic carbocycles. The summed E-state index contributed by atoms with van der Waals surface area (Å²) in [5.41, 5.74) is 0. The molecule has 0 aliphatic heterocycles. The molecule has 0 aromatic rings. The summed E-state index contributed by atoms with van der Waals surface area (Å²) >= 11 is 16.3. The van der Waals surface area contributed by atoms with Crippen molar-refractivity contribution in [1.82, 2.24) is 0 Å². The van der Waals surface area contributed by atoms with E-state index in [4.69, 9.17) is 33.2 Å². The van der Waals surface area contributed by atoms with E-state index in [2.05, 4.69) is 0 Å². The van der Waals surface area contributed by atoms with Crippen molar-refractivity contribution in [2.45, 2.75) is 13.3 Å². The number of hydrogen-bond donors (Lipinski definition) is 0. The van der Waals surface area contributed by atoms with Gasteiger partial charge in [0.2, 0.25) is 0 Å². The van der Waals surface area contributed by atoms with Gasteiger partial charge < -0.3 is 0 Å². The van der Waals surface area contributed by atoms with Gasteiger partial charge in [0.05, 0.1) is 0 Å². The fraction of sp³-hybridized carbons (Fsp3) is 0.667. The molecular weight excluding hydrogens is 170 g/mol. The highest BCUT2D eigenvalue weighted by molar-refractivity contribution is 7.66. The van der Waals surface area contributed by atoms with Crippen LogP contribution in [-0.2, 0) is 0 Å². The van der Waals surface area contributed by atoms with Gasteiger partial charge in [0.15, 0.2) is 0 Å². The molecule has 0 aromatic carbocycles. The van der Waals surface area contributed by atoms with E-state index in [0.29, 0.717) is 0 Å². The largest absolute Gasteiger partial charge is 0.344 e. The van der Waals surface area contributed by atoms with Gasteiger partial charge in [0, 0.05) is 0 Å². The Bertz CT molecular complexity index is 48.6. The van der Waals surface area contributed by atoms with Crippen LogP contribution >= 0.6 is 33.2 Å². The molecule has 0 fully saturated rings. The van der Waals surface area contributed by atoms with Gasteiger partial charge in [-0.05, 0) is 6.04 Å². The summed E-state index contributed by atoms with van der Waals surface area (Å²) in [5.74, 6) is 0. The zero-order valence-corrected chi connectivity index (χ0v) is 7.19. The van der Waals surface area contributed by atoms with Gasteiger partial charge in [0.1, 0.15) is 0 Å². The number of halogens is 3. The third-order valence-electron chi connectivity index (χ3n) is 0.436. The monoisotopic (exact) mass is 175 g/mol. The summed E-state index contributed by atoms with van der Waals surface area (Å²) in [6.07, 6.45) is 0.850. The van der Waals surface area contributed by atoms with Crippen LogP contribution < -0.4 is 0 Å². The van der Waals surface area contributed by atoms with Crippen molar-refractivity contribution in [2.24, 2.45) is 0 Å². The summed E-state index contributed by atoms with van der Waals surface area (Å²) in [5, 5.41) is 0. The van der Waals surface area contributed by atoms with Crippen molar-refractivity contribution in [2.75, 3.05) is 0 Å². The second-order valence-electron chi connectivity index (χ2n) is 1.15. The second-order valence-corrected chi connectivity index (χ2v) is 9.75. The highest BCUT2D eigenvalue weighted by Gasteiger charge is 2.22. The average Bonchev–Trinajstić information content (AvgIpc) is 1.30. The Morgan fingerprint density at radius 1 is 1.43 bits per heavy atom. The second kappa shape index (κ2) is 3.18. The van der Waals surface area contributed by atoms with Crippen LogP contribution in [0.25, 0.3) is 0 Å². The molecular formula is C3H6Cl3Si. The fourth-order valence-corrected chi connectivity index (χ4v) is 2.08. The molecule has 0 aromatic heterocycles. The summed E-state index contributed by atoms with van der Waals surface area (Å²) < 4.78 is 0. The molecule has 0 saturated carbocycles. The van der Waals surface area contributed by atoms with Gasteiger partial charge >= 0.3 is 6.00 Å². The van der Waals surface area contributed by atoms with Crippen LogP contribution in [0.1, 0.15) is 13.3 Å². The molecule has 0 bridgehead atoms. The van der Waals surface area contributed by atoms with Crippen molar-refractivity contribution < 1.29 is 0 Å². The Balaban J connectivity index is 3.15. The first-order chi connectivity index (χ1) is 3.06. The first kappa shape index (κ1) is 8.09. The highest BCUT2D eigenvalue weighted by Crippen LogP contribution is 2.23. The molecule has 0 saturated heterocycles. The minimum atomic E-state index is -2.37. The van der Waals surface area contributed by atoms with Crippen LogP contribution in [0.3, 0.4) is 0 Å². The Kier molecular flexibility index (Phi) is 3.67. The highest BCUT2D eigenvalue weighted by atomic mass is 35.8. The van der Waals surface area contributed by atoms with E-state index in [1.807, 2.05) is 6.92 Å². The quantitative estimate of drug-likeness (QED) is 0.448. The smallest absolute Gasteiger partial charge is 0.126 e. The summed E-state index contributed by atoms with van der Waals surface area (Å²) in [6, 6.07) is -0.618. The molecule has 0 aliphatic rings. The topological polar surface area (TPSA) is 0 Å². The predicted molar refractivity (Wildman–Crippen MR) is 37.9 cm³/mol. The van der Waals surface area contributed by atoms with Gasteiger partial charge in [-0.2, -0.15) is 0 Å². The maximum Gasteiger partial charge on any atom is 0.344 e. The summed E-state index contributed by atoms with van der Waals surface area (Å²) in [7, 11) is 0. The maximum absolute atomic E-state index is 5.45. The van der Waals surface area contributed by atoms with Crippen LogP contribution in [0.5, 0.6) is 0 Å². The van der Waals surface area contributed by atoms with Gasteiger partial charge in [-0.25, -0.2) is 0 Å². The van der Waals surface area contributed by atoms with Crippen LogP contribution in [-0.4, -0.2) is 6.00 Å². The minimum Gasteiger partial charge on any atom is -0.126 e. The van der Waals surface area contributed by atoms with Crippen molar-refractivity contribution in [3.8, 4) is 0 Å². The Labute approximate surface area is 58.9 Å². The molecule has 0 nitrogen and oxygen atoms in total. The summed E-state index contributed by atoms with van der Waals surface area (Å²) in [4.78, 5) is 0. The lowest BCUT2D eigenvalue weighted by Gasteiger charge is -2.01. The van der Waals surface area contributed by atoms with E-state index in [1.165, 1.54) is 0 Å². The molecule has 7 heavy (non-hydrogen) atoms. The third kappa shape index (κ3) is 7.09. The van der Waals surface area contributed by atoms with E-state index in [0.717, 1.165) is 6.42 Å². The SMILES string of the molecule is CC[CH][Si](Cl)(Cl)Cl. The van der Waals surface area contributed by atoms with E-state index in [1.54, 1.807) is 6.04 Å². The van der Waals surface area contributed by atoms with Crippen LogP contribution in [0, 0.1) is 6.04 Å². The average molecular weight is 177 g/mol. The Hall–Kier alpha value is 1.09. The van der Waals surface area contributed by atoms with E-state index >= 15 is 0 Å². The Morgan fingerprint density at radius 3 is 1.86 bits per heavy atom. The standard InChI is InChI=1S/C3H6Cl3Si/c1-2-3-7(4,5)6/h3H,2H2,1H3. The van der Waals surface area contributed by atoms with Crippen LogP contribution in [0.4, 0.5) is 0 Å². The van der Waals surface area contributed by atoms with Gasteiger partial charge in [-0.15, -0.1) is 33.2 Å². The van der Waals surface area contributed by atoms with Crippen LogP contribution in [0.2, 0.25) is 0 Å². The minimum absolute atomic E-state index is 0.850. The Morgan fingerprint density at radius 2 is 1.86 bits per heavy atom. The normalized spacial score (nSPS) is 12.0. The van der Waals surface area contributed by atoms with E-state index < -0.39 is 6.00 Å². The summed E-state index contributed by atoms with van der Waals surface area (Å²) in [6.45, 7) is 1.95. The molecule has 0 atom stereocenters. The molecule has 0 spiro atoms. The van der Waals surface area contributed by atoms with Crippen molar-refractivity contribution in [3.63, 3.8) is 0 Å². The predicted octanol–water partition coefficient (Wildman–Crippen LogP) is 2.80. The zero-order chi connectivity index (χ0) is 5.91. The van der Waals surface area contributed by atoms with E-state index in [9.17, 15) is 0 Å². The van der Waals surface area contributed by atoms with Crippen molar-refractivity contribution in [3.05, 3.63) is 6.04 Å². The van der Waals surface area contributed by atoms with Gasteiger partial charge in [-0.3, -0.25) is 0 Å². The first-order valence-electron chi connectivity index (χ1n) is 1.97. The molecule has 1 radical (unpaired) electrons. The lowest BCUT2D eigenvalue weighted by atomic mass is 10.6. The molecule has 0 unspecified atom stereocenters. The molecule has 0 N–H and O–H groups in total. The molecule has 4 heteroatoms. The van der Waals surface area contributed by atoms with Crippen molar-refractivity contribution in [1.29, 1.82) is 0 Å². The number of hydrogen-bond acceptors (Lipinski definition) is 0. The van der Waals surface area contributed by atoms with Crippen LogP contribution in [0.15, 0.2) is 0 Å². The maximum atomic E-state index is 5.45. The van der Waals surface area contributed by atoms with Gasteiger partial charge in [0.25, 0.3) is 0 Å². The fourth-order valence-electron chi connectivity index (χ4n) is 0.231. The molecule has 0 heterocycles. The van der Waals surface area contributed by atoms with E-state index in [-0.39, 0.29) is 0 Å². The lowest BCUT2D eigenvalue weighted by Crippen LogP contribution is -2.08. The first-order valence-corrected chi connectivity index (χ1v) is 7.08. The lowest BCUT2D eigenvalue weighted by molar-refractivity contribution is 1.19. The number of rotatable bonds is 2. The zero-order valence-electron chi connectivity index (χ0n) is 3.92. The molecule has 0 amide bonds. The molecule has 0 rings (SSSR count). The van der Waals surface area contributed by atoms with Gasteiger partial charge in [-0.1, -0.05) is 13.3 Å². The van der Waals surface area contributed by atoms with Crippen molar-refractivity contribution >= 4 is 39.2 Å². The third-order valence-corrected chi connectivity index (χ3v) is 2.70.